The van der Waals surface area contributed by atoms with Crippen LogP contribution in [0.3, 0.4) is 0 Å². The number of aromatic amines is 1. The molecule has 0 aliphatic carbocycles. The molecular formula is C26H22N4O2S. The number of rotatable bonds is 4. The van der Waals surface area contributed by atoms with E-state index in [1.165, 1.54) is 11.8 Å². The molecule has 1 N–H and O–H groups in total. The van der Waals surface area contributed by atoms with Gasteiger partial charge in [-0.1, -0.05) is 53.7 Å². The third kappa shape index (κ3) is 3.85. The standard InChI is InChI=1S/C26H22N4O2S/c1-15-12-13-22(16(2)14-15)30-25(32)19-9-5-7-11-21(19)28-26(30)33-17(3)23-27-20-10-6-4-8-18(20)24(31)29-23/h4-14,17H,1-3H3,(H,27,29,31). The van der Waals surface area contributed by atoms with Crippen molar-refractivity contribution in [2.24, 2.45) is 0 Å². The van der Waals surface area contributed by atoms with E-state index in [1.54, 1.807) is 16.7 Å². The lowest BCUT2D eigenvalue weighted by Crippen LogP contribution is -2.23. The van der Waals surface area contributed by atoms with Gasteiger partial charge in [0.05, 0.1) is 32.7 Å². The average Bonchev–Trinajstić information content (AvgIpc) is 2.80. The fourth-order valence-corrected chi connectivity index (χ4v) is 4.95. The Morgan fingerprint density at radius 2 is 1.55 bits per heavy atom. The number of H-pyrrole nitrogens is 1. The minimum Gasteiger partial charge on any atom is -0.309 e. The molecular weight excluding hydrogens is 432 g/mol. The Labute approximate surface area is 194 Å². The van der Waals surface area contributed by atoms with Gasteiger partial charge in [-0.3, -0.25) is 14.2 Å². The minimum atomic E-state index is -0.243. The summed E-state index contributed by atoms with van der Waals surface area (Å²) in [6.07, 6.45) is 0. The van der Waals surface area contributed by atoms with Crippen LogP contribution in [0.1, 0.15) is 29.1 Å². The normalized spacial score (nSPS) is 12.3. The average molecular weight is 455 g/mol. The van der Waals surface area contributed by atoms with Gasteiger partial charge in [0, 0.05) is 0 Å². The largest absolute Gasteiger partial charge is 0.309 e. The third-order valence-corrected chi connectivity index (χ3v) is 6.70. The SMILES string of the molecule is Cc1ccc(-n2c(SC(C)c3nc4ccccc4c(=O)[nH]3)nc3ccccc3c2=O)c(C)c1. The van der Waals surface area contributed by atoms with E-state index >= 15 is 0 Å². The van der Waals surface area contributed by atoms with E-state index < -0.39 is 0 Å². The molecule has 6 nitrogen and oxygen atoms in total. The molecule has 0 aliphatic rings. The first-order valence-corrected chi connectivity index (χ1v) is 11.6. The van der Waals surface area contributed by atoms with Crippen molar-refractivity contribution in [1.82, 2.24) is 19.5 Å². The predicted octanol–water partition coefficient (Wildman–Crippen LogP) is 5.09. The number of aromatic nitrogens is 4. The van der Waals surface area contributed by atoms with Crippen molar-refractivity contribution in [2.75, 3.05) is 0 Å². The molecule has 5 rings (SSSR count). The Kier molecular flexibility index (Phi) is 5.34. The molecule has 0 aliphatic heterocycles. The zero-order valence-electron chi connectivity index (χ0n) is 18.5. The van der Waals surface area contributed by atoms with E-state index in [1.807, 2.05) is 69.3 Å². The summed E-state index contributed by atoms with van der Waals surface area (Å²) in [5.74, 6) is 0.540. The van der Waals surface area contributed by atoms with Crippen LogP contribution < -0.4 is 11.1 Å². The summed E-state index contributed by atoms with van der Waals surface area (Å²) < 4.78 is 1.66. The Morgan fingerprint density at radius 1 is 0.879 bits per heavy atom. The van der Waals surface area contributed by atoms with E-state index in [-0.39, 0.29) is 16.4 Å². The van der Waals surface area contributed by atoms with E-state index in [0.717, 1.165) is 16.8 Å². The highest BCUT2D eigenvalue weighted by molar-refractivity contribution is 7.99. The highest BCUT2D eigenvalue weighted by Crippen LogP contribution is 2.34. The zero-order chi connectivity index (χ0) is 23.1. The van der Waals surface area contributed by atoms with E-state index in [4.69, 9.17) is 4.98 Å². The van der Waals surface area contributed by atoms with Crippen molar-refractivity contribution < 1.29 is 0 Å². The molecule has 2 heterocycles. The van der Waals surface area contributed by atoms with Crippen LogP contribution in [0.5, 0.6) is 0 Å². The topological polar surface area (TPSA) is 80.6 Å². The number of aryl methyl sites for hydroxylation is 2. The summed E-state index contributed by atoms with van der Waals surface area (Å²) in [6.45, 7) is 5.97. The molecule has 1 unspecified atom stereocenters. The summed E-state index contributed by atoms with van der Waals surface area (Å²) in [5, 5.41) is 1.42. The molecule has 0 fully saturated rings. The first-order chi connectivity index (χ1) is 15.9. The Balaban J connectivity index is 1.67. The minimum absolute atomic E-state index is 0.123. The van der Waals surface area contributed by atoms with Gasteiger partial charge in [0.1, 0.15) is 5.82 Å². The van der Waals surface area contributed by atoms with Crippen molar-refractivity contribution in [2.45, 2.75) is 31.2 Å². The number of para-hydroxylation sites is 2. The summed E-state index contributed by atoms with van der Waals surface area (Å²) >= 11 is 1.40. The van der Waals surface area contributed by atoms with Gasteiger partial charge in [-0.2, -0.15) is 0 Å². The van der Waals surface area contributed by atoms with Crippen molar-refractivity contribution in [3.63, 3.8) is 0 Å². The zero-order valence-corrected chi connectivity index (χ0v) is 19.3. The molecule has 0 saturated carbocycles. The van der Waals surface area contributed by atoms with Crippen LogP contribution in [0.4, 0.5) is 0 Å². The van der Waals surface area contributed by atoms with Gasteiger partial charge in [-0.25, -0.2) is 9.97 Å². The summed E-state index contributed by atoms with van der Waals surface area (Å²) in [6, 6.07) is 20.6. The van der Waals surface area contributed by atoms with Crippen molar-refractivity contribution in [1.29, 1.82) is 0 Å². The summed E-state index contributed by atoms with van der Waals surface area (Å²) in [4.78, 5) is 38.5. The molecule has 0 bridgehead atoms. The number of hydrogen-bond donors (Lipinski definition) is 1. The van der Waals surface area contributed by atoms with Gasteiger partial charge in [-0.05, 0) is 56.7 Å². The van der Waals surface area contributed by atoms with Crippen LogP contribution in [0, 0.1) is 13.8 Å². The maximum absolute atomic E-state index is 13.6. The molecule has 5 aromatic rings. The number of thioether (sulfide) groups is 1. The highest BCUT2D eigenvalue weighted by Gasteiger charge is 2.20. The second-order valence-electron chi connectivity index (χ2n) is 8.07. The molecule has 0 amide bonds. The van der Waals surface area contributed by atoms with Crippen LogP contribution in [-0.4, -0.2) is 19.5 Å². The maximum Gasteiger partial charge on any atom is 0.266 e. The number of fused-ring (bicyclic) bond motifs is 2. The second-order valence-corrected chi connectivity index (χ2v) is 9.38. The molecule has 3 aromatic carbocycles. The van der Waals surface area contributed by atoms with Crippen LogP contribution in [0.15, 0.2) is 81.5 Å². The first-order valence-electron chi connectivity index (χ1n) is 10.7. The summed E-state index contributed by atoms with van der Waals surface area (Å²) in [5.41, 5.74) is 3.88. The third-order valence-electron chi connectivity index (χ3n) is 5.64. The van der Waals surface area contributed by atoms with Gasteiger partial charge >= 0.3 is 0 Å². The Hall–Kier alpha value is -3.71. The second kappa shape index (κ2) is 8.33. The predicted molar refractivity (Wildman–Crippen MR) is 133 cm³/mol. The maximum atomic E-state index is 13.6. The van der Waals surface area contributed by atoms with Gasteiger partial charge in [0.25, 0.3) is 11.1 Å². The molecule has 1 atom stereocenters. The molecule has 164 valence electrons. The molecule has 0 spiro atoms. The fraction of sp³-hybridized carbons (Fsp3) is 0.154. The quantitative estimate of drug-likeness (QED) is 0.302. The lowest BCUT2D eigenvalue weighted by atomic mass is 10.1. The van der Waals surface area contributed by atoms with Crippen LogP contribution in [-0.2, 0) is 0 Å². The molecule has 33 heavy (non-hydrogen) atoms. The van der Waals surface area contributed by atoms with Crippen molar-refractivity contribution in [3.8, 4) is 5.69 Å². The Bertz CT molecular complexity index is 1640. The van der Waals surface area contributed by atoms with Crippen molar-refractivity contribution >= 4 is 33.6 Å². The van der Waals surface area contributed by atoms with Crippen LogP contribution in [0.2, 0.25) is 0 Å². The van der Waals surface area contributed by atoms with Gasteiger partial charge < -0.3 is 4.98 Å². The summed E-state index contributed by atoms with van der Waals surface area (Å²) in [7, 11) is 0. The van der Waals surface area contributed by atoms with Crippen molar-refractivity contribution in [3.05, 3.63) is 104 Å². The van der Waals surface area contributed by atoms with E-state index in [9.17, 15) is 9.59 Å². The molecule has 7 heteroatoms. The molecule has 2 aromatic heterocycles. The van der Waals surface area contributed by atoms with Gasteiger partial charge in [-0.15, -0.1) is 0 Å². The lowest BCUT2D eigenvalue weighted by molar-refractivity contribution is 0.805. The van der Waals surface area contributed by atoms with E-state index in [2.05, 4.69) is 16.0 Å². The van der Waals surface area contributed by atoms with Crippen LogP contribution in [0.25, 0.3) is 27.5 Å². The number of hydrogen-bond acceptors (Lipinski definition) is 5. The number of nitrogens with zero attached hydrogens (tertiary/aromatic N) is 3. The molecule has 0 saturated heterocycles. The van der Waals surface area contributed by atoms with E-state index in [0.29, 0.717) is 32.8 Å². The van der Waals surface area contributed by atoms with Gasteiger partial charge in [0.15, 0.2) is 5.16 Å². The van der Waals surface area contributed by atoms with Crippen LogP contribution >= 0.6 is 11.8 Å². The number of benzene rings is 3. The first kappa shape index (κ1) is 21.2. The lowest BCUT2D eigenvalue weighted by Gasteiger charge is -2.18. The fourth-order valence-electron chi connectivity index (χ4n) is 3.97. The smallest absolute Gasteiger partial charge is 0.266 e. The van der Waals surface area contributed by atoms with Gasteiger partial charge in [0.2, 0.25) is 0 Å². The monoisotopic (exact) mass is 454 g/mol. The molecule has 0 radical (unpaired) electrons. The Morgan fingerprint density at radius 3 is 2.27 bits per heavy atom. The number of nitrogens with one attached hydrogen (secondary N) is 1. The highest BCUT2D eigenvalue weighted by atomic mass is 32.2.